The number of piperidine rings is 1. The zero-order valence-corrected chi connectivity index (χ0v) is 20.9. The van der Waals surface area contributed by atoms with Crippen LogP contribution >= 0.6 is 0 Å². The number of aryl methyl sites for hydroxylation is 1. The summed E-state index contributed by atoms with van der Waals surface area (Å²) in [5.41, 5.74) is 3.27. The molecule has 39 heavy (non-hydrogen) atoms. The average Bonchev–Trinajstić information content (AvgIpc) is 3.33. The maximum atomic E-state index is 13.5. The van der Waals surface area contributed by atoms with E-state index in [1.807, 2.05) is 29.2 Å². The first-order valence-corrected chi connectivity index (χ1v) is 12.7. The van der Waals surface area contributed by atoms with Gasteiger partial charge in [-0.25, -0.2) is 8.78 Å². The van der Waals surface area contributed by atoms with Gasteiger partial charge in [-0.3, -0.25) is 24.8 Å². The SMILES string of the molecule is O=C(CCCc1ccc(C(F)(F)F)nc1)c1n[nH]c2ccc(-c3cncc(CN4CCC(F)(F)CC4)c3)cc12. The Kier molecular flexibility index (Phi) is 7.44. The number of carbonyl (C=O) groups is 1. The topological polar surface area (TPSA) is 74.8 Å². The number of fused-ring (bicyclic) bond motifs is 1. The lowest BCUT2D eigenvalue weighted by Gasteiger charge is -2.31. The average molecular weight is 544 g/mol. The molecule has 11 heteroatoms. The number of hydrogen-bond acceptors (Lipinski definition) is 5. The van der Waals surface area contributed by atoms with Crippen molar-refractivity contribution in [1.29, 1.82) is 0 Å². The molecule has 0 atom stereocenters. The van der Waals surface area contributed by atoms with Gasteiger partial charge in [0.05, 0.1) is 5.52 Å². The molecule has 0 unspecified atom stereocenters. The molecule has 0 radical (unpaired) electrons. The molecular formula is C28H26F5N5O. The second kappa shape index (κ2) is 10.8. The zero-order valence-electron chi connectivity index (χ0n) is 20.9. The fourth-order valence-electron chi connectivity index (χ4n) is 4.75. The molecule has 204 valence electrons. The molecule has 1 aromatic carbocycles. The van der Waals surface area contributed by atoms with Crippen molar-refractivity contribution >= 4 is 16.7 Å². The van der Waals surface area contributed by atoms with E-state index < -0.39 is 17.8 Å². The molecule has 5 rings (SSSR count). The number of likely N-dealkylation sites (tertiary alicyclic amines) is 1. The number of Topliss-reactive ketones (excluding diaryl/α,β-unsaturated/α-hetero) is 1. The second-order valence-corrected chi connectivity index (χ2v) is 9.87. The number of benzene rings is 1. The Hall–Kier alpha value is -3.73. The van der Waals surface area contributed by atoms with Crippen LogP contribution in [0.2, 0.25) is 0 Å². The van der Waals surface area contributed by atoms with Crippen LogP contribution in [0.3, 0.4) is 0 Å². The number of aromatic amines is 1. The van der Waals surface area contributed by atoms with Crippen LogP contribution in [0.15, 0.2) is 55.0 Å². The largest absolute Gasteiger partial charge is 0.433 e. The minimum Gasteiger partial charge on any atom is -0.299 e. The summed E-state index contributed by atoms with van der Waals surface area (Å²) in [6, 6.07) is 9.89. The van der Waals surface area contributed by atoms with Gasteiger partial charge in [0, 0.05) is 68.4 Å². The molecule has 1 fully saturated rings. The minimum absolute atomic E-state index is 0.144. The lowest BCUT2D eigenvalue weighted by Crippen LogP contribution is -2.38. The molecule has 0 aliphatic carbocycles. The molecule has 0 bridgehead atoms. The molecule has 4 aromatic rings. The van der Waals surface area contributed by atoms with Gasteiger partial charge in [-0.15, -0.1) is 0 Å². The van der Waals surface area contributed by atoms with Crippen LogP contribution in [0.4, 0.5) is 22.0 Å². The van der Waals surface area contributed by atoms with Gasteiger partial charge >= 0.3 is 6.18 Å². The lowest BCUT2D eigenvalue weighted by atomic mass is 10.0. The van der Waals surface area contributed by atoms with Crippen LogP contribution in [0.1, 0.15) is 53.0 Å². The number of hydrogen-bond donors (Lipinski definition) is 1. The monoisotopic (exact) mass is 543 g/mol. The standard InChI is InChI=1S/C28H26F5N5O/c29-27(30)8-10-38(11-9-27)17-19-12-21(16-34-14-19)20-5-6-23-22(13-20)26(37-36-23)24(39)3-1-2-18-4-7-25(35-15-18)28(31,32)33/h4-7,12-16H,1-3,8-11,17H2,(H,36,37). The Labute approximate surface area is 221 Å². The van der Waals surface area contributed by atoms with Crippen molar-refractivity contribution < 1.29 is 26.7 Å². The van der Waals surface area contributed by atoms with Crippen molar-refractivity contribution in [2.45, 2.75) is 50.7 Å². The number of alkyl halides is 5. The Morgan fingerprint density at radius 1 is 0.974 bits per heavy atom. The number of rotatable bonds is 8. The highest BCUT2D eigenvalue weighted by Gasteiger charge is 2.34. The Bertz CT molecular complexity index is 1460. The lowest BCUT2D eigenvalue weighted by molar-refractivity contribution is -0.141. The smallest absolute Gasteiger partial charge is 0.299 e. The highest BCUT2D eigenvalue weighted by Crippen LogP contribution is 2.30. The third kappa shape index (κ3) is 6.47. The van der Waals surface area contributed by atoms with E-state index in [0.29, 0.717) is 54.6 Å². The summed E-state index contributed by atoms with van der Waals surface area (Å²) in [4.78, 5) is 22.7. The van der Waals surface area contributed by atoms with Gasteiger partial charge in [0.15, 0.2) is 5.78 Å². The molecule has 1 saturated heterocycles. The molecule has 6 nitrogen and oxygen atoms in total. The van der Waals surface area contributed by atoms with E-state index in [1.54, 1.807) is 12.4 Å². The van der Waals surface area contributed by atoms with Crippen molar-refractivity contribution in [2.75, 3.05) is 13.1 Å². The summed E-state index contributed by atoms with van der Waals surface area (Å²) in [7, 11) is 0. The summed E-state index contributed by atoms with van der Waals surface area (Å²) in [5, 5.41) is 7.75. The zero-order chi connectivity index (χ0) is 27.6. The van der Waals surface area contributed by atoms with E-state index in [-0.39, 0.29) is 25.0 Å². The molecule has 3 aromatic heterocycles. The van der Waals surface area contributed by atoms with Crippen LogP contribution in [0.25, 0.3) is 22.0 Å². The van der Waals surface area contributed by atoms with Gasteiger partial charge in [0.25, 0.3) is 5.92 Å². The molecule has 0 spiro atoms. The number of halogens is 5. The maximum absolute atomic E-state index is 13.5. The number of aromatic nitrogens is 4. The first-order chi connectivity index (χ1) is 18.6. The fraction of sp³-hybridized carbons (Fsp3) is 0.357. The first kappa shape index (κ1) is 26.9. The molecule has 0 amide bonds. The van der Waals surface area contributed by atoms with E-state index in [0.717, 1.165) is 22.8 Å². The summed E-state index contributed by atoms with van der Waals surface area (Å²) in [6.07, 6.45) is 0.891. The van der Waals surface area contributed by atoms with Crippen LogP contribution in [0, 0.1) is 0 Å². The van der Waals surface area contributed by atoms with Crippen LogP contribution in [-0.4, -0.2) is 49.9 Å². The molecular weight excluding hydrogens is 517 g/mol. The van der Waals surface area contributed by atoms with E-state index >= 15 is 0 Å². The van der Waals surface area contributed by atoms with Crippen LogP contribution in [-0.2, 0) is 19.1 Å². The normalized spacial score (nSPS) is 16.0. The maximum Gasteiger partial charge on any atom is 0.433 e. The Morgan fingerprint density at radius 3 is 2.49 bits per heavy atom. The van der Waals surface area contributed by atoms with Crippen molar-refractivity contribution in [3.8, 4) is 11.1 Å². The summed E-state index contributed by atoms with van der Waals surface area (Å²) >= 11 is 0. The van der Waals surface area contributed by atoms with Gasteiger partial charge in [-0.05, 0) is 53.8 Å². The number of ketones is 1. The van der Waals surface area contributed by atoms with Crippen molar-refractivity contribution in [1.82, 2.24) is 25.1 Å². The summed E-state index contributed by atoms with van der Waals surface area (Å²) < 4.78 is 65.0. The third-order valence-electron chi connectivity index (χ3n) is 6.93. The van der Waals surface area contributed by atoms with E-state index in [2.05, 4.69) is 20.2 Å². The van der Waals surface area contributed by atoms with Crippen molar-refractivity contribution in [3.05, 3.63) is 77.5 Å². The van der Waals surface area contributed by atoms with Crippen LogP contribution < -0.4 is 0 Å². The van der Waals surface area contributed by atoms with E-state index in [4.69, 9.17) is 0 Å². The fourth-order valence-corrected chi connectivity index (χ4v) is 4.75. The number of nitrogens with one attached hydrogen (secondary N) is 1. The molecule has 1 aliphatic heterocycles. The molecule has 4 heterocycles. The predicted octanol–water partition coefficient (Wildman–Crippen LogP) is 6.48. The Balaban J connectivity index is 1.25. The van der Waals surface area contributed by atoms with Crippen molar-refractivity contribution in [2.24, 2.45) is 0 Å². The van der Waals surface area contributed by atoms with Gasteiger partial charge in [-0.1, -0.05) is 12.1 Å². The van der Waals surface area contributed by atoms with Gasteiger partial charge in [-0.2, -0.15) is 18.3 Å². The predicted molar refractivity (Wildman–Crippen MR) is 135 cm³/mol. The highest BCUT2D eigenvalue weighted by atomic mass is 19.4. The van der Waals surface area contributed by atoms with E-state index in [9.17, 15) is 26.7 Å². The van der Waals surface area contributed by atoms with Crippen LogP contribution in [0.5, 0.6) is 0 Å². The quantitative estimate of drug-likeness (QED) is 0.204. The Morgan fingerprint density at radius 2 is 1.77 bits per heavy atom. The molecule has 0 saturated carbocycles. The number of nitrogens with zero attached hydrogens (tertiary/aromatic N) is 4. The minimum atomic E-state index is -4.49. The van der Waals surface area contributed by atoms with Gasteiger partial charge in [0.2, 0.25) is 0 Å². The van der Waals surface area contributed by atoms with Crippen molar-refractivity contribution in [3.63, 3.8) is 0 Å². The number of H-pyrrole nitrogens is 1. The summed E-state index contributed by atoms with van der Waals surface area (Å²) in [5.74, 6) is -2.77. The van der Waals surface area contributed by atoms with Gasteiger partial charge < -0.3 is 0 Å². The highest BCUT2D eigenvalue weighted by molar-refractivity contribution is 6.06. The van der Waals surface area contributed by atoms with Gasteiger partial charge in [0.1, 0.15) is 11.4 Å². The molecule has 1 aliphatic rings. The third-order valence-corrected chi connectivity index (χ3v) is 6.93. The first-order valence-electron chi connectivity index (χ1n) is 12.7. The number of pyridine rings is 2. The number of carbonyl (C=O) groups excluding carboxylic acids is 1. The second-order valence-electron chi connectivity index (χ2n) is 9.87. The molecule has 1 N–H and O–H groups in total. The van der Waals surface area contributed by atoms with E-state index in [1.165, 1.54) is 12.3 Å². The summed E-state index contributed by atoms with van der Waals surface area (Å²) in [6.45, 7) is 1.20.